The number of aryl methyl sites for hydroxylation is 1. The fraction of sp³-hybridized carbons (Fsp3) is 0.400. The Bertz CT molecular complexity index is 567. The van der Waals surface area contributed by atoms with E-state index < -0.39 is 0 Å². The van der Waals surface area contributed by atoms with Gasteiger partial charge in [0.05, 0.1) is 11.7 Å². The van der Waals surface area contributed by atoms with Gasteiger partial charge < -0.3 is 4.52 Å². The van der Waals surface area contributed by atoms with Gasteiger partial charge in [0.25, 0.3) is 0 Å². The van der Waals surface area contributed by atoms with Crippen molar-refractivity contribution in [3.05, 3.63) is 53.2 Å². The van der Waals surface area contributed by atoms with Crippen molar-refractivity contribution in [1.29, 1.82) is 0 Å². The van der Waals surface area contributed by atoms with Gasteiger partial charge in [-0.2, -0.15) is 0 Å². The van der Waals surface area contributed by atoms with Crippen molar-refractivity contribution in [2.45, 2.75) is 32.4 Å². The smallest absolute Gasteiger partial charge is 0.154 e. The van der Waals surface area contributed by atoms with Crippen molar-refractivity contribution in [1.82, 2.24) is 10.1 Å². The monoisotopic (exact) mass is 260 g/mol. The van der Waals surface area contributed by atoms with Crippen LogP contribution in [0, 0.1) is 12.7 Å². The molecule has 1 aliphatic heterocycles. The molecule has 0 bridgehead atoms. The summed E-state index contributed by atoms with van der Waals surface area (Å²) in [6.45, 7) is 3.70. The molecule has 3 rings (SSSR count). The van der Waals surface area contributed by atoms with Crippen molar-refractivity contribution in [3.8, 4) is 0 Å². The van der Waals surface area contributed by atoms with E-state index in [1.807, 2.05) is 19.1 Å². The maximum atomic E-state index is 13.2. The van der Waals surface area contributed by atoms with E-state index in [0.717, 1.165) is 42.9 Å². The van der Waals surface area contributed by atoms with Crippen molar-refractivity contribution in [2.24, 2.45) is 0 Å². The molecule has 3 nitrogen and oxygen atoms in total. The lowest BCUT2D eigenvalue weighted by molar-refractivity contribution is 0.206. The summed E-state index contributed by atoms with van der Waals surface area (Å²) in [4.78, 5) is 2.33. The first kappa shape index (κ1) is 12.4. The van der Waals surface area contributed by atoms with E-state index in [0.29, 0.717) is 0 Å². The third-order valence-corrected chi connectivity index (χ3v) is 3.61. The van der Waals surface area contributed by atoms with Gasteiger partial charge in [-0.15, -0.1) is 0 Å². The molecule has 0 N–H and O–H groups in total. The standard InChI is InChI=1S/C15H17FN2O/c1-11-8-15(19-17-11)14-6-3-7-18(14)10-12-4-2-5-13(16)9-12/h2,4-5,8-9,14H,3,6-7,10H2,1H3/t14-/m0/s1. The molecule has 0 aliphatic carbocycles. The van der Waals surface area contributed by atoms with Crippen LogP contribution in [0.2, 0.25) is 0 Å². The van der Waals surface area contributed by atoms with E-state index in [1.54, 1.807) is 12.1 Å². The Morgan fingerprint density at radius 1 is 1.42 bits per heavy atom. The zero-order valence-electron chi connectivity index (χ0n) is 11.0. The average molecular weight is 260 g/mol. The molecule has 0 spiro atoms. The van der Waals surface area contributed by atoms with Crippen LogP contribution in [-0.4, -0.2) is 16.6 Å². The highest BCUT2D eigenvalue weighted by Gasteiger charge is 2.28. The summed E-state index contributed by atoms with van der Waals surface area (Å²) in [7, 11) is 0. The SMILES string of the molecule is Cc1cc([C@@H]2CCCN2Cc2cccc(F)c2)on1. The quantitative estimate of drug-likeness (QED) is 0.846. The highest BCUT2D eigenvalue weighted by atomic mass is 19.1. The van der Waals surface area contributed by atoms with Crippen LogP contribution < -0.4 is 0 Å². The summed E-state index contributed by atoms with van der Waals surface area (Å²) < 4.78 is 18.6. The van der Waals surface area contributed by atoms with Crippen LogP contribution in [0.15, 0.2) is 34.9 Å². The molecule has 1 atom stereocenters. The highest BCUT2D eigenvalue weighted by Crippen LogP contribution is 2.33. The average Bonchev–Trinajstić information content (AvgIpc) is 2.98. The number of rotatable bonds is 3. The number of halogens is 1. The first-order valence-electron chi connectivity index (χ1n) is 6.64. The van der Waals surface area contributed by atoms with Gasteiger partial charge in [0.15, 0.2) is 5.76 Å². The van der Waals surface area contributed by atoms with Gasteiger partial charge in [-0.3, -0.25) is 4.90 Å². The molecule has 2 heterocycles. The van der Waals surface area contributed by atoms with Gasteiger partial charge in [-0.25, -0.2) is 4.39 Å². The lowest BCUT2D eigenvalue weighted by Gasteiger charge is -2.22. The molecule has 1 fully saturated rings. The zero-order chi connectivity index (χ0) is 13.2. The van der Waals surface area contributed by atoms with Gasteiger partial charge in [0, 0.05) is 12.6 Å². The van der Waals surface area contributed by atoms with Crippen molar-refractivity contribution >= 4 is 0 Å². The minimum atomic E-state index is -0.177. The van der Waals surface area contributed by atoms with E-state index in [4.69, 9.17) is 4.52 Å². The lowest BCUT2D eigenvalue weighted by Crippen LogP contribution is -2.22. The van der Waals surface area contributed by atoms with Crippen LogP contribution in [0.4, 0.5) is 4.39 Å². The van der Waals surface area contributed by atoms with E-state index in [-0.39, 0.29) is 11.9 Å². The summed E-state index contributed by atoms with van der Waals surface area (Å²) in [5.41, 5.74) is 1.91. The van der Waals surface area contributed by atoms with E-state index in [1.165, 1.54) is 6.07 Å². The van der Waals surface area contributed by atoms with Gasteiger partial charge in [-0.1, -0.05) is 17.3 Å². The number of hydrogen-bond donors (Lipinski definition) is 0. The van der Waals surface area contributed by atoms with Crippen LogP contribution in [0.5, 0.6) is 0 Å². The number of nitrogens with zero attached hydrogens (tertiary/aromatic N) is 2. The van der Waals surface area contributed by atoms with E-state index in [2.05, 4.69) is 10.1 Å². The predicted octanol–water partition coefficient (Wildman–Crippen LogP) is 3.46. The van der Waals surface area contributed by atoms with E-state index in [9.17, 15) is 4.39 Å². The molecule has 19 heavy (non-hydrogen) atoms. The molecule has 2 aromatic rings. The normalized spacial score (nSPS) is 20.0. The minimum Gasteiger partial charge on any atom is -0.359 e. The summed E-state index contributed by atoms with van der Waals surface area (Å²) in [6, 6.07) is 9.06. The molecule has 0 saturated carbocycles. The number of benzene rings is 1. The molecule has 0 unspecified atom stereocenters. The first-order chi connectivity index (χ1) is 9.22. The number of aromatic nitrogens is 1. The van der Waals surface area contributed by atoms with Crippen LogP contribution in [0.25, 0.3) is 0 Å². The van der Waals surface area contributed by atoms with Crippen molar-refractivity contribution in [2.75, 3.05) is 6.54 Å². The van der Waals surface area contributed by atoms with Crippen LogP contribution in [0.3, 0.4) is 0 Å². The maximum absolute atomic E-state index is 13.2. The van der Waals surface area contributed by atoms with Crippen molar-refractivity contribution in [3.63, 3.8) is 0 Å². The molecule has 1 aliphatic rings. The predicted molar refractivity (Wildman–Crippen MR) is 70.0 cm³/mol. The molecule has 1 aromatic carbocycles. The number of hydrogen-bond acceptors (Lipinski definition) is 3. The number of likely N-dealkylation sites (tertiary alicyclic amines) is 1. The van der Waals surface area contributed by atoms with Gasteiger partial charge >= 0.3 is 0 Å². The van der Waals surface area contributed by atoms with Crippen LogP contribution in [-0.2, 0) is 6.54 Å². The van der Waals surface area contributed by atoms with Gasteiger partial charge in [-0.05, 0) is 44.0 Å². The Hall–Kier alpha value is -1.68. The second-order valence-corrected chi connectivity index (χ2v) is 5.13. The summed E-state index contributed by atoms with van der Waals surface area (Å²) in [6.07, 6.45) is 2.21. The largest absolute Gasteiger partial charge is 0.359 e. The lowest BCUT2D eigenvalue weighted by atomic mass is 10.1. The van der Waals surface area contributed by atoms with Gasteiger partial charge in [0.1, 0.15) is 5.82 Å². The molecule has 0 amide bonds. The van der Waals surface area contributed by atoms with E-state index >= 15 is 0 Å². The molecule has 100 valence electrons. The third kappa shape index (κ3) is 2.68. The molecular weight excluding hydrogens is 243 g/mol. The Labute approximate surface area is 112 Å². The van der Waals surface area contributed by atoms with Crippen molar-refractivity contribution < 1.29 is 8.91 Å². The fourth-order valence-corrected chi connectivity index (χ4v) is 2.75. The van der Waals surface area contributed by atoms with Gasteiger partial charge in [0.2, 0.25) is 0 Å². The molecule has 1 aromatic heterocycles. The zero-order valence-corrected chi connectivity index (χ0v) is 11.0. The summed E-state index contributed by atoms with van der Waals surface area (Å²) in [5, 5.41) is 3.96. The Morgan fingerprint density at radius 2 is 2.32 bits per heavy atom. The Kier molecular flexibility index (Phi) is 3.34. The van der Waals surface area contributed by atoms with Crippen LogP contribution in [0.1, 0.15) is 35.9 Å². The topological polar surface area (TPSA) is 29.3 Å². The molecule has 1 saturated heterocycles. The first-order valence-corrected chi connectivity index (χ1v) is 6.64. The highest BCUT2D eigenvalue weighted by molar-refractivity contribution is 5.17. The Morgan fingerprint density at radius 3 is 3.05 bits per heavy atom. The second kappa shape index (κ2) is 5.13. The summed E-state index contributed by atoms with van der Waals surface area (Å²) >= 11 is 0. The van der Waals surface area contributed by atoms with Crippen LogP contribution >= 0.6 is 0 Å². The Balaban J connectivity index is 1.76. The second-order valence-electron chi connectivity index (χ2n) is 5.13. The minimum absolute atomic E-state index is 0.177. The molecule has 4 heteroatoms. The summed E-state index contributed by atoms with van der Waals surface area (Å²) in [5.74, 6) is 0.746. The fourth-order valence-electron chi connectivity index (χ4n) is 2.75. The third-order valence-electron chi connectivity index (χ3n) is 3.61. The maximum Gasteiger partial charge on any atom is 0.154 e. The molecular formula is C15H17FN2O. The molecule has 0 radical (unpaired) electrons.